The molecule has 1 N–H and O–H groups in total. The van der Waals surface area contributed by atoms with Crippen molar-refractivity contribution in [1.82, 2.24) is 9.13 Å². The molecule has 3 aromatic rings. The summed E-state index contributed by atoms with van der Waals surface area (Å²) in [6, 6.07) is 18.2. The van der Waals surface area contributed by atoms with E-state index in [1.807, 2.05) is 30.3 Å². The van der Waals surface area contributed by atoms with Crippen molar-refractivity contribution in [2.75, 3.05) is 6.61 Å². The van der Waals surface area contributed by atoms with Gasteiger partial charge in [-0.2, -0.15) is 0 Å². The Morgan fingerprint density at radius 3 is 2.38 bits per heavy atom. The topological polar surface area (TPSA) is 109 Å². The van der Waals surface area contributed by atoms with Gasteiger partial charge in [0, 0.05) is 12.3 Å². The first-order chi connectivity index (χ1) is 16.5. The molecule has 0 saturated carbocycles. The van der Waals surface area contributed by atoms with E-state index in [1.54, 1.807) is 18.2 Å². The number of carbonyl (C=O) groups is 1. The lowest BCUT2D eigenvalue weighted by atomic mass is 10.1. The van der Waals surface area contributed by atoms with Crippen LogP contribution in [0.3, 0.4) is 0 Å². The maximum atomic E-state index is 15.3. The van der Waals surface area contributed by atoms with E-state index in [4.69, 9.17) is 14.2 Å². The number of nitrogens with zero attached hydrogens (tertiary/aromatic N) is 2. The number of benzene rings is 2. The Morgan fingerprint density at radius 1 is 1.03 bits per heavy atom. The molecule has 0 amide bonds. The van der Waals surface area contributed by atoms with Gasteiger partial charge in [-0.3, -0.25) is 9.36 Å². The van der Waals surface area contributed by atoms with Crippen LogP contribution in [0, 0.1) is 0 Å². The summed E-state index contributed by atoms with van der Waals surface area (Å²) in [6.07, 6.45) is -5.04. The average Bonchev–Trinajstić information content (AvgIpc) is 3.17. The van der Waals surface area contributed by atoms with Crippen molar-refractivity contribution < 1.29 is 28.5 Å². The molecule has 34 heavy (non-hydrogen) atoms. The van der Waals surface area contributed by atoms with Gasteiger partial charge in [0.05, 0.1) is 18.8 Å². The van der Waals surface area contributed by atoms with Crippen LogP contribution in [0.4, 0.5) is 4.39 Å². The van der Waals surface area contributed by atoms with Gasteiger partial charge in [0.25, 0.3) is 5.56 Å². The van der Waals surface area contributed by atoms with Gasteiger partial charge in [0.15, 0.2) is 18.5 Å². The van der Waals surface area contributed by atoms with Gasteiger partial charge in [-0.25, -0.2) is 18.5 Å². The number of aromatic nitrogens is 2. The van der Waals surface area contributed by atoms with Crippen molar-refractivity contribution in [3.05, 3.63) is 105 Å². The molecule has 10 heteroatoms. The van der Waals surface area contributed by atoms with Gasteiger partial charge < -0.3 is 19.3 Å². The number of aliphatic hydroxyl groups excluding tert-OH is 1. The third-order valence-corrected chi connectivity index (χ3v) is 5.40. The maximum Gasteiger partial charge on any atom is 0.338 e. The summed E-state index contributed by atoms with van der Waals surface area (Å²) in [6.45, 7) is -0.831. The third kappa shape index (κ3) is 4.98. The molecule has 0 bridgehead atoms. The Hall–Kier alpha value is -3.60. The molecule has 9 nitrogen and oxygen atoms in total. The summed E-state index contributed by atoms with van der Waals surface area (Å²) in [5, 5.41) is 9.65. The number of esters is 1. The number of rotatable bonds is 8. The van der Waals surface area contributed by atoms with Gasteiger partial charge >= 0.3 is 11.7 Å². The molecule has 1 aliphatic rings. The van der Waals surface area contributed by atoms with Crippen molar-refractivity contribution in [3.8, 4) is 0 Å². The zero-order valence-electron chi connectivity index (χ0n) is 18.0. The second kappa shape index (κ2) is 10.6. The zero-order valence-corrected chi connectivity index (χ0v) is 18.0. The van der Waals surface area contributed by atoms with Crippen molar-refractivity contribution in [1.29, 1.82) is 0 Å². The number of halogens is 1. The van der Waals surface area contributed by atoms with Crippen LogP contribution >= 0.6 is 0 Å². The van der Waals surface area contributed by atoms with Crippen LogP contribution in [0.1, 0.15) is 22.1 Å². The predicted octanol–water partition coefficient (Wildman–Crippen LogP) is 1.64. The molecule has 0 radical (unpaired) electrons. The molecular formula is C24H23FN2O7. The highest BCUT2D eigenvalue weighted by Gasteiger charge is 2.49. The van der Waals surface area contributed by atoms with Crippen LogP contribution in [0.5, 0.6) is 0 Å². The van der Waals surface area contributed by atoms with E-state index in [2.05, 4.69) is 0 Å². The highest BCUT2D eigenvalue weighted by molar-refractivity contribution is 5.89. The molecule has 1 unspecified atom stereocenters. The first-order valence-corrected chi connectivity index (χ1v) is 10.6. The molecule has 4 rings (SSSR count). The number of aliphatic hydroxyl groups is 1. The molecule has 1 fully saturated rings. The largest absolute Gasteiger partial charge is 0.453 e. The van der Waals surface area contributed by atoms with E-state index in [0.717, 1.165) is 27.0 Å². The second-order valence-corrected chi connectivity index (χ2v) is 7.66. The van der Waals surface area contributed by atoms with E-state index in [1.165, 1.54) is 12.1 Å². The lowest BCUT2D eigenvalue weighted by Gasteiger charge is -2.19. The monoisotopic (exact) mass is 470 g/mol. The Morgan fingerprint density at radius 2 is 1.71 bits per heavy atom. The first kappa shape index (κ1) is 23.6. The normalized spacial score (nSPS) is 21.9. The van der Waals surface area contributed by atoms with Crippen LogP contribution in [0.2, 0.25) is 0 Å². The average molecular weight is 470 g/mol. The van der Waals surface area contributed by atoms with Crippen molar-refractivity contribution in [3.63, 3.8) is 0 Å². The minimum absolute atomic E-state index is 0.164. The van der Waals surface area contributed by atoms with E-state index in [0.29, 0.717) is 0 Å². The number of hydrogen-bond acceptors (Lipinski definition) is 7. The molecule has 0 spiro atoms. The quantitative estimate of drug-likeness (QED) is 0.499. The third-order valence-electron chi connectivity index (χ3n) is 5.40. The molecule has 1 saturated heterocycles. The van der Waals surface area contributed by atoms with Crippen LogP contribution in [0.25, 0.3) is 0 Å². The van der Waals surface area contributed by atoms with Crippen molar-refractivity contribution >= 4 is 5.97 Å². The number of hydrogen-bond donors (Lipinski definition) is 1. The number of alkyl halides is 1. The minimum Gasteiger partial charge on any atom is -0.453 e. The fourth-order valence-corrected chi connectivity index (χ4v) is 3.64. The van der Waals surface area contributed by atoms with E-state index >= 15 is 4.39 Å². The molecule has 178 valence electrons. The molecule has 4 atom stereocenters. The second-order valence-electron chi connectivity index (χ2n) is 7.66. The molecule has 1 aromatic heterocycles. The van der Waals surface area contributed by atoms with Gasteiger partial charge in [0.2, 0.25) is 0 Å². The van der Waals surface area contributed by atoms with Crippen LogP contribution in [-0.4, -0.2) is 45.2 Å². The fourth-order valence-electron chi connectivity index (χ4n) is 3.64. The lowest BCUT2D eigenvalue weighted by molar-refractivity contribution is -0.0545. The van der Waals surface area contributed by atoms with Crippen LogP contribution < -0.4 is 11.2 Å². The Kier molecular flexibility index (Phi) is 7.31. The maximum absolute atomic E-state index is 15.3. The van der Waals surface area contributed by atoms with Crippen LogP contribution in [-0.2, 0) is 27.5 Å². The summed E-state index contributed by atoms with van der Waals surface area (Å²) in [4.78, 5) is 37.6. The predicted molar refractivity (Wildman–Crippen MR) is 118 cm³/mol. The molecular weight excluding hydrogens is 447 g/mol. The molecule has 2 aromatic carbocycles. The minimum atomic E-state index is -1.97. The Labute approximate surface area is 193 Å². The first-order valence-electron chi connectivity index (χ1n) is 10.6. The zero-order chi connectivity index (χ0) is 24.1. The Bertz CT molecular complexity index is 1230. The lowest BCUT2D eigenvalue weighted by Crippen LogP contribution is -2.43. The highest BCUT2D eigenvalue weighted by atomic mass is 19.1. The smallest absolute Gasteiger partial charge is 0.338 e. The molecule has 0 aliphatic carbocycles. The van der Waals surface area contributed by atoms with Crippen molar-refractivity contribution in [2.24, 2.45) is 0 Å². The molecule has 2 heterocycles. The van der Waals surface area contributed by atoms with Gasteiger partial charge in [-0.15, -0.1) is 0 Å². The summed E-state index contributed by atoms with van der Waals surface area (Å²) >= 11 is 0. The summed E-state index contributed by atoms with van der Waals surface area (Å²) < 4.78 is 33.3. The van der Waals surface area contributed by atoms with Crippen LogP contribution in [0.15, 0.2) is 82.5 Å². The van der Waals surface area contributed by atoms with E-state index in [9.17, 15) is 19.5 Å². The fraction of sp³-hybridized carbons (Fsp3) is 0.292. The van der Waals surface area contributed by atoms with Gasteiger partial charge in [-0.05, 0) is 17.7 Å². The van der Waals surface area contributed by atoms with Gasteiger partial charge in [0.1, 0.15) is 12.8 Å². The van der Waals surface area contributed by atoms with E-state index in [-0.39, 0.29) is 18.9 Å². The standard InChI is InChI=1S/C24H23FN2O7/c25-20-21(34-23(30)17-9-5-2-6-10-17)18(13-28)33-22(20)26-12-11-19(29)27(24(26)31)15-32-14-16-7-3-1-4-8-16/h1-12,18,20-22,28H,13-15H2/t18-,20?,21+,22-/m1/s1. The summed E-state index contributed by atoms with van der Waals surface area (Å²) in [7, 11) is 0. The summed E-state index contributed by atoms with van der Waals surface area (Å²) in [5.74, 6) is -0.789. The van der Waals surface area contributed by atoms with Gasteiger partial charge in [-0.1, -0.05) is 48.5 Å². The summed E-state index contributed by atoms with van der Waals surface area (Å²) in [5.41, 5.74) is -0.437. The van der Waals surface area contributed by atoms with Crippen molar-refractivity contribution in [2.45, 2.75) is 37.9 Å². The Balaban J connectivity index is 1.51. The number of ether oxygens (including phenoxy) is 3. The number of carbonyl (C=O) groups excluding carboxylic acids is 1. The highest BCUT2D eigenvalue weighted by Crippen LogP contribution is 2.33. The van der Waals surface area contributed by atoms with E-state index < -0.39 is 48.4 Å². The molecule has 1 aliphatic heterocycles. The SMILES string of the molecule is O=C(O[C@@H]1C(F)[C@H](n2ccc(=O)n(COCc3ccccc3)c2=O)O[C@@H]1CO)c1ccccc1.